The third-order valence-corrected chi connectivity index (χ3v) is 3.53. The van der Waals surface area contributed by atoms with Gasteiger partial charge in [-0.3, -0.25) is 0 Å². The van der Waals surface area contributed by atoms with Gasteiger partial charge in [-0.1, -0.05) is 41.5 Å². The van der Waals surface area contributed by atoms with Crippen LogP contribution in [0.3, 0.4) is 0 Å². The van der Waals surface area contributed by atoms with E-state index in [1.165, 1.54) is 33.4 Å². The van der Waals surface area contributed by atoms with Crippen molar-refractivity contribution >= 4 is 0 Å². The van der Waals surface area contributed by atoms with E-state index in [0.29, 0.717) is 0 Å². The maximum atomic E-state index is 3.00. The number of halogens is 2. The van der Waals surface area contributed by atoms with Crippen LogP contribution in [0.15, 0.2) is 37.4 Å². The third-order valence-electron chi connectivity index (χ3n) is 3.53. The first-order chi connectivity index (χ1) is 8.43. The van der Waals surface area contributed by atoms with Gasteiger partial charge in [0.2, 0.25) is 0 Å². The van der Waals surface area contributed by atoms with E-state index in [0.717, 1.165) is 0 Å². The Morgan fingerprint density at radius 3 is 1.00 bits per heavy atom. The molecule has 0 saturated carbocycles. The van der Waals surface area contributed by atoms with E-state index >= 15 is 0 Å². The van der Waals surface area contributed by atoms with E-state index in [4.69, 9.17) is 0 Å². The SMILES string of the molecule is C=C.Cc1cc[c-](C)c1C.Cc1cc[c-](C)c1C.[Cl-].[Cl-].[Zr+4]. The van der Waals surface area contributed by atoms with E-state index in [-0.39, 0.29) is 51.0 Å². The van der Waals surface area contributed by atoms with E-state index in [9.17, 15) is 0 Å². The summed E-state index contributed by atoms with van der Waals surface area (Å²) in [6, 6.07) is 8.63. The van der Waals surface area contributed by atoms with Crippen LogP contribution >= 0.6 is 0 Å². The summed E-state index contributed by atoms with van der Waals surface area (Å²) in [4.78, 5) is 0. The molecule has 0 nitrogen and oxygen atoms in total. The predicted molar refractivity (Wildman–Crippen MR) is 83.7 cm³/mol. The molecule has 0 spiro atoms. The van der Waals surface area contributed by atoms with Crippen molar-refractivity contribution in [2.45, 2.75) is 41.5 Å². The van der Waals surface area contributed by atoms with Crippen molar-refractivity contribution in [1.82, 2.24) is 0 Å². The minimum atomic E-state index is 0. The van der Waals surface area contributed by atoms with Crippen LogP contribution in [-0.4, -0.2) is 0 Å². The van der Waals surface area contributed by atoms with Gasteiger partial charge in [0.25, 0.3) is 0 Å². The summed E-state index contributed by atoms with van der Waals surface area (Å²) >= 11 is 0. The molecule has 2 rings (SSSR count). The van der Waals surface area contributed by atoms with Gasteiger partial charge in [0.15, 0.2) is 0 Å². The molecule has 0 radical (unpaired) electrons. The first kappa shape index (κ1) is 29.0. The fraction of sp³-hybridized carbons (Fsp3) is 0.333. The first-order valence-corrected chi connectivity index (χ1v) is 6.32. The van der Waals surface area contributed by atoms with Crippen LogP contribution in [0.25, 0.3) is 0 Å². The molecule has 0 bridgehead atoms. The van der Waals surface area contributed by atoms with E-state index in [1.807, 2.05) is 0 Å². The van der Waals surface area contributed by atoms with Gasteiger partial charge in [0.1, 0.15) is 0 Å². The van der Waals surface area contributed by atoms with Gasteiger partial charge in [0.05, 0.1) is 0 Å². The van der Waals surface area contributed by atoms with Crippen molar-refractivity contribution in [1.29, 1.82) is 0 Å². The number of rotatable bonds is 0. The van der Waals surface area contributed by atoms with Crippen LogP contribution in [0.4, 0.5) is 0 Å². The molecule has 0 aromatic heterocycles. The molecule has 0 aliphatic heterocycles. The Balaban J connectivity index is -0.000000109. The number of hydrogen-bond acceptors (Lipinski definition) is 0. The quantitative estimate of drug-likeness (QED) is 0.409. The van der Waals surface area contributed by atoms with Crippen LogP contribution in [0.2, 0.25) is 0 Å². The summed E-state index contributed by atoms with van der Waals surface area (Å²) in [5.74, 6) is 0. The zero-order valence-electron chi connectivity index (χ0n) is 14.0. The number of hydrogen-bond donors (Lipinski definition) is 0. The summed E-state index contributed by atoms with van der Waals surface area (Å²) in [7, 11) is 0. The molecule has 0 unspecified atom stereocenters. The molecule has 0 saturated heterocycles. The van der Waals surface area contributed by atoms with Crippen LogP contribution in [0.1, 0.15) is 33.4 Å². The normalized spacial score (nSPS) is 7.71. The Hall–Kier alpha value is -0.0969. The van der Waals surface area contributed by atoms with Crippen molar-refractivity contribution in [3.8, 4) is 0 Å². The molecule has 0 aliphatic carbocycles. The first-order valence-electron chi connectivity index (χ1n) is 6.32. The molecule has 2 aromatic carbocycles. The third kappa shape index (κ3) is 9.51. The number of aryl methyl sites for hydroxylation is 4. The van der Waals surface area contributed by atoms with Gasteiger partial charge in [-0.2, -0.15) is 45.5 Å². The average molecular weight is 405 g/mol. The molecule has 0 atom stereocenters. The van der Waals surface area contributed by atoms with Gasteiger partial charge in [-0.15, -0.1) is 13.2 Å². The summed E-state index contributed by atoms with van der Waals surface area (Å²) in [5.41, 5.74) is 8.49. The second-order valence-electron chi connectivity index (χ2n) is 4.65. The van der Waals surface area contributed by atoms with Crippen molar-refractivity contribution in [3.05, 3.63) is 70.8 Å². The second kappa shape index (κ2) is 14.8. The van der Waals surface area contributed by atoms with Crippen molar-refractivity contribution in [2.75, 3.05) is 0 Å². The molecule has 0 heterocycles. The van der Waals surface area contributed by atoms with E-state index < -0.39 is 0 Å². The molecular formula is C18H26Cl2Zr. The maximum Gasteiger partial charge on any atom is 4.00 e. The Labute approximate surface area is 162 Å². The molecular weight excluding hydrogens is 378 g/mol. The second-order valence-corrected chi connectivity index (χ2v) is 4.65. The fourth-order valence-electron chi connectivity index (χ4n) is 1.62. The van der Waals surface area contributed by atoms with Crippen LogP contribution in [-0.2, 0) is 26.2 Å². The van der Waals surface area contributed by atoms with Gasteiger partial charge >= 0.3 is 26.2 Å². The van der Waals surface area contributed by atoms with Gasteiger partial charge in [0, 0.05) is 0 Å². The molecule has 0 N–H and O–H groups in total. The molecule has 0 amide bonds. The van der Waals surface area contributed by atoms with Crippen LogP contribution < -0.4 is 24.8 Å². The Kier molecular flexibility index (Phi) is 20.5. The zero-order valence-corrected chi connectivity index (χ0v) is 17.9. The summed E-state index contributed by atoms with van der Waals surface area (Å²) in [6.45, 7) is 18.9. The van der Waals surface area contributed by atoms with Crippen LogP contribution in [0.5, 0.6) is 0 Å². The fourth-order valence-corrected chi connectivity index (χ4v) is 1.62. The van der Waals surface area contributed by atoms with Crippen molar-refractivity contribution in [3.63, 3.8) is 0 Å². The molecule has 2 aromatic rings. The molecule has 0 aliphatic rings. The van der Waals surface area contributed by atoms with E-state index in [2.05, 4.69) is 79.0 Å². The Bertz CT molecular complexity index is 398. The van der Waals surface area contributed by atoms with E-state index in [1.54, 1.807) is 0 Å². The Morgan fingerprint density at radius 2 is 0.952 bits per heavy atom. The minimum Gasteiger partial charge on any atom is -1.00 e. The largest absolute Gasteiger partial charge is 4.00 e. The molecule has 116 valence electrons. The van der Waals surface area contributed by atoms with Crippen LogP contribution in [0, 0.1) is 41.5 Å². The van der Waals surface area contributed by atoms with Crippen molar-refractivity contribution in [2.24, 2.45) is 0 Å². The standard InChI is InChI=1S/2C8H11.C2H4.2ClH.Zr/c2*1-6-4-5-7(2)8(6)3;1-2;;;/h2*4-5H,1-3H3;1-2H2;2*1H;/q2*-1;;;;+4/p-2. The summed E-state index contributed by atoms with van der Waals surface area (Å²) in [5, 5.41) is 0. The maximum absolute atomic E-state index is 3.00. The summed E-state index contributed by atoms with van der Waals surface area (Å²) in [6.07, 6.45) is 0. The minimum absolute atomic E-state index is 0. The molecule has 3 heteroatoms. The van der Waals surface area contributed by atoms with Crippen molar-refractivity contribution < 1.29 is 51.0 Å². The smallest absolute Gasteiger partial charge is 1.00 e. The van der Waals surface area contributed by atoms with Gasteiger partial charge < -0.3 is 24.8 Å². The average Bonchev–Trinajstić information content (AvgIpc) is 2.83. The predicted octanol–water partition coefficient (Wildman–Crippen LogP) is -0.531. The zero-order chi connectivity index (χ0) is 14.3. The molecule has 21 heavy (non-hydrogen) atoms. The van der Waals surface area contributed by atoms with Gasteiger partial charge in [-0.25, -0.2) is 12.1 Å². The topological polar surface area (TPSA) is 0 Å². The Morgan fingerprint density at radius 1 is 0.714 bits per heavy atom. The molecule has 0 fully saturated rings. The summed E-state index contributed by atoms with van der Waals surface area (Å²) < 4.78 is 0. The monoisotopic (exact) mass is 402 g/mol. The van der Waals surface area contributed by atoms with Gasteiger partial charge in [-0.05, 0) is 0 Å².